The van der Waals surface area contributed by atoms with E-state index in [1.807, 2.05) is 0 Å². The molecular formula is C9H11F8Na. The van der Waals surface area contributed by atoms with E-state index in [-0.39, 0.29) is 19.3 Å². The topological polar surface area (TPSA) is 0 Å². The summed E-state index contributed by atoms with van der Waals surface area (Å²) >= 11 is -1.18. The Labute approximate surface area is 117 Å². The second-order valence-electron chi connectivity index (χ2n) is 4.19. The molecule has 0 fully saturated rings. The molecule has 0 amide bonds. The van der Waals surface area contributed by atoms with Crippen LogP contribution in [0.4, 0.5) is 35.1 Å². The number of halogens is 8. The van der Waals surface area contributed by atoms with Gasteiger partial charge < -0.3 is 0 Å². The fourth-order valence-electron chi connectivity index (χ4n) is 1.28. The van der Waals surface area contributed by atoms with Crippen molar-refractivity contribution in [2.75, 3.05) is 0 Å². The molecule has 104 valence electrons. The van der Waals surface area contributed by atoms with Crippen LogP contribution in [0.5, 0.6) is 0 Å². The molecule has 9 heteroatoms. The van der Waals surface area contributed by atoms with Crippen LogP contribution in [-0.2, 0) is 0 Å². The first kappa shape index (κ1) is 18.4. The minimum absolute atomic E-state index is 0.122. The van der Waals surface area contributed by atoms with Gasteiger partial charge in [0.05, 0.1) is 0 Å². The van der Waals surface area contributed by atoms with Gasteiger partial charge >= 0.3 is 117 Å². The molecule has 1 atom stereocenters. The molecule has 0 bridgehead atoms. The van der Waals surface area contributed by atoms with Crippen LogP contribution in [0.1, 0.15) is 32.1 Å². The summed E-state index contributed by atoms with van der Waals surface area (Å²) in [5, 5.41) is 0. The Hall–Kier alpha value is 0.440. The Balaban J connectivity index is 3.95. The summed E-state index contributed by atoms with van der Waals surface area (Å²) in [5.74, 6) is -4.73. The monoisotopic (exact) mass is 294 g/mol. The Morgan fingerprint density at radius 1 is 0.833 bits per heavy atom. The summed E-state index contributed by atoms with van der Waals surface area (Å²) in [6.45, 7) is 0. The maximum absolute atomic E-state index is 12.9. The van der Waals surface area contributed by atoms with Crippen molar-refractivity contribution in [3.05, 3.63) is 0 Å². The SMILES string of the molecule is FC(CCCCCC(F)(F)F)C(F)(F)[C](F)(F)[Na]. The number of hydrogen-bond acceptors (Lipinski definition) is 0. The zero-order chi connectivity index (χ0) is 14.6. The maximum atomic E-state index is 12.9. The van der Waals surface area contributed by atoms with E-state index in [1.165, 1.54) is 0 Å². The van der Waals surface area contributed by atoms with Crippen LogP contribution in [0.15, 0.2) is 0 Å². The van der Waals surface area contributed by atoms with Crippen molar-refractivity contribution in [1.82, 2.24) is 0 Å². The second-order valence-corrected chi connectivity index (χ2v) is 5.45. The number of alkyl halides is 8. The number of unbranched alkanes of at least 4 members (excludes halogenated alkanes) is 2. The van der Waals surface area contributed by atoms with E-state index in [2.05, 4.69) is 0 Å². The molecule has 0 nitrogen and oxygen atoms in total. The summed E-state index contributed by atoms with van der Waals surface area (Å²) in [6, 6.07) is 0. The Morgan fingerprint density at radius 2 is 1.33 bits per heavy atom. The van der Waals surface area contributed by atoms with Crippen molar-refractivity contribution in [2.24, 2.45) is 0 Å². The summed E-state index contributed by atoms with van der Waals surface area (Å²) in [6.07, 6.45) is -10.0. The third-order valence-corrected chi connectivity index (χ3v) is 3.06. The van der Waals surface area contributed by atoms with Crippen LogP contribution in [0.3, 0.4) is 0 Å². The first-order chi connectivity index (χ1) is 7.88. The van der Waals surface area contributed by atoms with Gasteiger partial charge in [-0.3, -0.25) is 0 Å². The molecule has 0 aliphatic carbocycles. The van der Waals surface area contributed by atoms with Gasteiger partial charge in [0, 0.05) is 0 Å². The molecule has 0 radical (unpaired) electrons. The zero-order valence-electron chi connectivity index (χ0n) is 9.64. The zero-order valence-corrected chi connectivity index (χ0v) is 11.6. The molecule has 0 saturated carbocycles. The van der Waals surface area contributed by atoms with Crippen LogP contribution < -0.4 is 0 Å². The molecule has 18 heavy (non-hydrogen) atoms. The molecule has 0 aromatic rings. The van der Waals surface area contributed by atoms with Gasteiger partial charge in [-0.2, -0.15) is 0 Å². The van der Waals surface area contributed by atoms with Crippen molar-refractivity contribution in [2.45, 2.75) is 53.5 Å². The van der Waals surface area contributed by atoms with Crippen molar-refractivity contribution < 1.29 is 35.1 Å². The van der Waals surface area contributed by atoms with Gasteiger partial charge in [-0.15, -0.1) is 0 Å². The van der Waals surface area contributed by atoms with E-state index in [0.717, 1.165) is 0 Å². The van der Waals surface area contributed by atoms with Crippen molar-refractivity contribution in [3.8, 4) is 0 Å². The van der Waals surface area contributed by atoms with Crippen molar-refractivity contribution in [1.29, 1.82) is 0 Å². The first-order valence-electron chi connectivity index (χ1n) is 5.34. The molecule has 0 N–H and O–H groups in total. The Morgan fingerprint density at radius 3 is 1.72 bits per heavy atom. The van der Waals surface area contributed by atoms with Crippen molar-refractivity contribution >= 4 is 27.9 Å². The van der Waals surface area contributed by atoms with E-state index in [4.69, 9.17) is 0 Å². The quantitative estimate of drug-likeness (QED) is 0.374. The van der Waals surface area contributed by atoms with Gasteiger partial charge in [-0.1, -0.05) is 0 Å². The summed E-state index contributed by atoms with van der Waals surface area (Å²) in [4.78, 5) is 0. The van der Waals surface area contributed by atoms with Gasteiger partial charge in [0.25, 0.3) is 0 Å². The molecule has 1 unspecified atom stereocenters. The summed E-state index contributed by atoms with van der Waals surface area (Å²) in [5.41, 5.74) is 0. The fraction of sp³-hybridized carbons (Fsp3) is 1.00. The molecule has 0 aliphatic heterocycles. The van der Waals surface area contributed by atoms with E-state index < -0.39 is 62.2 Å². The van der Waals surface area contributed by atoms with Crippen LogP contribution in [-0.4, -0.2) is 49.4 Å². The van der Waals surface area contributed by atoms with Crippen LogP contribution in [0, 0.1) is 0 Å². The van der Waals surface area contributed by atoms with E-state index in [1.54, 1.807) is 0 Å². The Bertz CT molecular complexity index is 244. The predicted octanol–water partition coefficient (Wildman–Crippen LogP) is 4.23. The van der Waals surface area contributed by atoms with Crippen LogP contribution in [0.2, 0.25) is 0 Å². The Kier molecular flexibility index (Phi) is 6.91. The van der Waals surface area contributed by atoms with Crippen molar-refractivity contribution in [3.63, 3.8) is 0 Å². The van der Waals surface area contributed by atoms with Gasteiger partial charge in [-0.05, 0) is 0 Å². The fourth-order valence-corrected chi connectivity index (χ4v) is 1.60. The van der Waals surface area contributed by atoms with E-state index >= 15 is 0 Å². The summed E-state index contributed by atoms with van der Waals surface area (Å²) < 4.78 is 94.0. The molecule has 0 heterocycles. The molecule has 0 rings (SSSR count). The van der Waals surface area contributed by atoms with Crippen LogP contribution in [0.25, 0.3) is 0 Å². The molecule has 0 saturated heterocycles. The van der Waals surface area contributed by atoms with Crippen LogP contribution >= 0.6 is 0 Å². The van der Waals surface area contributed by atoms with E-state index in [0.29, 0.717) is 0 Å². The third kappa shape index (κ3) is 6.56. The standard InChI is InChI=1S/C9H11F8.Na/c10-6(9(16,17)7(11)12)4-2-1-3-5-8(13,14)15;/h6H,1-5H2;. The molecule has 0 spiro atoms. The summed E-state index contributed by atoms with van der Waals surface area (Å²) in [7, 11) is 0. The van der Waals surface area contributed by atoms with Gasteiger partial charge in [0.15, 0.2) is 0 Å². The number of hydrogen-bond donors (Lipinski definition) is 0. The van der Waals surface area contributed by atoms with Gasteiger partial charge in [0.2, 0.25) is 0 Å². The number of rotatable bonds is 7. The minimum atomic E-state index is -4.73. The van der Waals surface area contributed by atoms with E-state index in [9.17, 15) is 35.1 Å². The predicted molar refractivity (Wildman–Crippen MR) is 49.7 cm³/mol. The average Bonchev–Trinajstić information content (AvgIpc) is 2.13. The molecular weight excluding hydrogens is 283 g/mol. The van der Waals surface area contributed by atoms with Gasteiger partial charge in [-0.25, -0.2) is 0 Å². The molecule has 0 aliphatic rings. The third-order valence-electron chi connectivity index (χ3n) is 2.40. The first-order valence-corrected chi connectivity index (χ1v) is 6.34. The normalized spacial score (nSPS) is 15.9. The average molecular weight is 294 g/mol. The second kappa shape index (κ2) is 6.74. The molecule has 0 aromatic heterocycles. The molecule has 0 aromatic carbocycles. The van der Waals surface area contributed by atoms with Gasteiger partial charge in [0.1, 0.15) is 0 Å².